The van der Waals surface area contributed by atoms with Gasteiger partial charge in [-0.15, -0.1) is 0 Å². The number of alkyl halides is 1. The molecule has 0 heterocycles. The minimum Gasteiger partial charge on any atom is -0.496 e. The van der Waals surface area contributed by atoms with E-state index in [1.807, 2.05) is 19.1 Å². The van der Waals surface area contributed by atoms with Crippen LogP contribution in [0.5, 0.6) is 17.2 Å². The lowest BCUT2D eigenvalue weighted by Crippen LogP contribution is -1.96. The number of hydrogen-bond donors (Lipinski definition) is 0. The average Bonchev–Trinajstić information content (AvgIpc) is 2.49. The van der Waals surface area contributed by atoms with Gasteiger partial charge in [-0.3, -0.25) is 10.1 Å². The summed E-state index contributed by atoms with van der Waals surface area (Å²) in [6.45, 7) is 1.90. The van der Waals surface area contributed by atoms with Crippen LogP contribution in [0.25, 0.3) is 0 Å². The molecule has 0 fully saturated rings. The Morgan fingerprint density at radius 2 is 1.90 bits per heavy atom. The number of nitro groups is 1. The van der Waals surface area contributed by atoms with E-state index < -0.39 is 4.92 Å². The standard InChI is InChI=1S/C15H14BrNO4/c1-10-7-11(9-16)3-5-14(10)21-15-6-4-12(20-2)8-13(15)17(18)19/h3-8H,9H2,1-2H3. The Morgan fingerprint density at radius 3 is 2.48 bits per heavy atom. The van der Waals surface area contributed by atoms with Gasteiger partial charge in [0.2, 0.25) is 5.75 Å². The third kappa shape index (κ3) is 3.52. The van der Waals surface area contributed by atoms with Crippen molar-refractivity contribution in [2.45, 2.75) is 12.3 Å². The molecule has 0 N–H and O–H groups in total. The van der Waals surface area contributed by atoms with E-state index in [9.17, 15) is 10.1 Å². The van der Waals surface area contributed by atoms with E-state index >= 15 is 0 Å². The Balaban J connectivity index is 2.37. The van der Waals surface area contributed by atoms with Crippen LogP contribution in [0.3, 0.4) is 0 Å². The first-order valence-electron chi connectivity index (χ1n) is 6.21. The number of rotatable bonds is 5. The van der Waals surface area contributed by atoms with E-state index in [1.165, 1.54) is 19.2 Å². The first kappa shape index (κ1) is 15.3. The van der Waals surface area contributed by atoms with Crippen LogP contribution in [-0.2, 0) is 5.33 Å². The fourth-order valence-electron chi connectivity index (χ4n) is 1.88. The summed E-state index contributed by atoms with van der Waals surface area (Å²) in [5, 5.41) is 11.9. The summed E-state index contributed by atoms with van der Waals surface area (Å²) in [5.74, 6) is 1.20. The first-order valence-corrected chi connectivity index (χ1v) is 7.33. The molecule has 6 heteroatoms. The molecule has 2 aromatic carbocycles. The molecule has 0 saturated carbocycles. The van der Waals surface area contributed by atoms with Crippen LogP contribution >= 0.6 is 15.9 Å². The molecule has 0 aliphatic heterocycles. The van der Waals surface area contributed by atoms with E-state index in [0.717, 1.165) is 16.5 Å². The van der Waals surface area contributed by atoms with Gasteiger partial charge in [-0.2, -0.15) is 0 Å². The molecule has 0 bridgehead atoms. The summed E-state index contributed by atoms with van der Waals surface area (Å²) in [6.07, 6.45) is 0. The van der Waals surface area contributed by atoms with Gasteiger partial charge in [-0.1, -0.05) is 28.1 Å². The summed E-state index contributed by atoms with van der Waals surface area (Å²) in [4.78, 5) is 10.6. The number of hydrogen-bond acceptors (Lipinski definition) is 4. The highest BCUT2D eigenvalue weighted by molar-refractivity contribution is 9.08. The van der Waals surface area contributed by atoms with Crippen molar-refractivity contribution >= 4 is 21.6 Å². The zero-order chi connectivity index (χ0) is 15.4. The number of nitrogens with zero attached hydrogens (tertiary/aromatic N) is 1. The van der Waals surface area contributed by atoms with E-state index in [4.69, 9.17) is 9.47 Å². The highest BCUT2D eigenvalue weighted by Gasteiger charge is 2.18. The predicted octanol–water partition coefficient (Wildman–Crippen LogP) is 4.60. The van der Waals surface area contributed by atoms with Crippen LogP contribution in [0, 0.1) is 17.0 Å². The molecule has 0 aliphatic carbocycles. The molecule has 0 spiro atoms. The van der Waals surface area contributed by atoms with Gasteiger partial charge in [0.05, 0.1) is 18.1 Å². The number of ether oxygens (including phenoxy) is 2. The van der Waals surface area contributed by atoms with E-state index in [1.54, 1.807) is 12.1 Å². The van der Waals surface area contributed by atoms with Gasteiger partial charge >= 0.3 is 5.69 Å². The van der Waals surface area contributed by atoms with Crippen molar-refractivity contribution in [1.29, 1.82) is 0 Å². The zero-order valence-corrected chi connectivity index (χ0v) is 13.2. The molecule has 21 heavy (non-hydrogen) atoms. The van der Waals surface area contributed by atoms with Crippen molar-refractivity contribution in [2.75, 3.05) is 7.11 Å². The molecular formula is C15H14BrNO4. The lowest BCUT2D eigenvalue weighted by molar-refractivity contribution is -0.385. The van der Waals surface area contributed by atoms with Gasteiger partial charge in [-0.25, -0.2) is 0 Å². The Bertz CT molecular complexity index is 673. The van der Waals surface area contributed by atoms with Crippen molar-refractivity contribution in [1.82, 2.24) is 0 Å². The zero-order valence-electron chi connectivity index (χ0n) is 11.6. The summed E-state index contributed by atoms with van der Waals surface area (Å²) in [5.41, 5.74) is 1.90. The maximum atomic E-state index is 11.1. The summed E-state index contributed by atoms with van der Waals surface area (Å²) in [6, 6.07) is 10.2. The molecule has 0 amide bonds. The molecule has 0 aromatic heterocycles. The third-order valence-corrected chi connectivity index (χ3v) is 3.62. The second-order valence-electron chi connectivity index (χ2n) is 4.43. The lowest BCUT2D eigenvalue weighted by atomic mass is 10.1. The summed E-state index contributed by atoms with van der Waals surface area (Å²) in [7, 11) is 1.46. The molecule has 0 radical (unpaired) electrons. The van der Waals surface area contributed by atoms with Crippen molar-refractivity contribution in [2.24, 2.45) is 0 Å². The van der Waals surface area contributed by atoms with E-state index in [-0.39, 0.29) is 11.4 Å². The van der Waals surface area contributed by atoms with Crippen LogP contribution < -0.4 is 9.47 Å². The Hall–Kier alpha value is -2.08. The van der Waals surface area contributed by atoms with Crippen molar-refractivity contribution in [3.8, 4) is 17.2 Å². The number of nitro benzene ring substituents is 1. The van der Waals surface area contributed by atoms with Crippen molar-refractivity contribution in [3.63, 3.8) is 0 Å². The monoisotopic (exact) mass is 351 g/mol. The van der Waals surface area contributed by atoms with E-state index in [2.05, 4.69) is 15.9 Å². The summed E-state index contributed by atoms with van der Waals surface area (Å²) < 4.78 is 10.7. The number of methoxy groups -OCH3 is 1. The molecule has 2 aromatic rings. The normalized spacial score (nSPS) is 10.2. The van der Waals surface area contributed by atoms with Gasteiger partial charge in [0, 0.05) is 5.33 Å². The predicted molar refractivity (Wildman–Crippen MR) is 83.5 cm³/mol. The second-order valence-corrected chi connectivity index (χ2v) is 4.99. The Labute approximate surface area is 130 Å². The minimum atomic E-state index is -0.486. The van der Waals surface area contributed by atoms with Gasteiger partial charge in [-0.05, 0) is 36.2 Å². The van der Waals surface area contributed by atoms with Gasteiger partial charge in [0.1, 0.15) is 11.5 Å². The van der Waals surface area contributed by atoms with Gasteiger partial charge in [0.15, 0.2) is 0 Å². The number of aryl methyl sites for hydroxylation is 1. The average molecular weight is 352 g/mol. The quantitative estimate of drug-likeness (QED) is 0.448. The molecule has 0 atom stereocenters. The van der Waals surface area contributed by atoms with Crippen LogP contribution in [0.15, 0.2) is 36.4 Å². The number of halogens is 1. The SMILES string of the molecule is COc1ccc(Oc2ccc(CBr)cc2C)c([N+](=O)[O-])c1. The Kier molecular flexibility index (Phi) is 4.80. The van der Waals surface area contributed by atoms with Crippen molar-refractivity contribution < 1.29 is 14.4 Å². The molecule has 0 aliphatic rings. The van der Waals surface area contributed by atoms with Crippen LogP contribution in [-0.4, -0.2) is 12.0 Å². The maximum Gasteiger partial charge on any atom is 0.315 e. The molecule has 0 unspecified atom stereocenters. The van der Waals surface area contributed by atoms with Crippen molar-refractivity contribution in [3.05, 3.63) is 57.6 Å². The van der Waals surface area contributed by atoms with Crippen LogP contribution in [0.1, 0.15) is 11.1 Å². The highest BCUT2D eigenvalue weighted by Crippen LogP contribution is 2.35. The van der Waals surface area contributed by atoms with Crippen LogP contribution in [0.4, 0.5) is 5.69 Å². The first-order chi connectivity index (χ1) is 10.0. The molecule has 110 valence electrons. The summed E-state index contributed by atoms with van der Waals surface area (Å²) >= 11 is 3.39. The third-order valence-electron chi connectivity index (χ3n) is 2.98. The topological polar surface area (TPSA) is 61.6 Å². The Morgan fingerprint density at radius 1 is 1.19 bits per heavy atom. The fraction of sp³-hybridized carbons (Fsp3) is 0.200. The minimum absolute atomic E-state index is 0.127. The second kappa shape index (κ2) is 6.58. The van der Waals surface area contributed by atoms with Gasteiger partial charge < -0.3 is 9.47 Å². The molecule has 0 saturated heterocycles. The molecule has 2 rings (SSSR count). The largest absolute Gasteiger partial charge is 0.496 e. The van der Waals surface area contributed by atoms with Crippen LogP contribution in [0.2, 0.25) is 0 Å². The maximum absolute atomic E-state index is 11.1. The highest BCUT2D eigenvalue weighted by atomic mass is 79.9. The van der Waals surface area contributed by atoms with E-state index in [0.29, 0.717) is 11.5 Å². The lowest BCUT2D eigenvalue weighted by Gasteiger charge is -2.10. The molecular weight excluding hydrogens is 338 g/mol. The number of benzene rings is 2. The van der Waals surface area contributed by atoms with Gasteiger partial charge in [0.25, 0.3) is 0 Å². The smallest absolute Gasteiger partial charge is 0.315 e. The fourth-order valence-corrected chi connectivity index (χ4v) is 2.23. The molecule has 5 nitrogen and oxygen atoms in total.